The van der Waals surface area contributed by atoms with Crippen LogP contribution >= 0.6 is 23.1 Å². The second-order valence-corrected chi connectivity index (χ2v) is 6.56. The summed E-state index contributed by atoms with van der Waals surface area (Å²) in [6.45, 7) is 4.41. The van der Waals surface area contributed by atoms with E-state index in [1.165, 1.54) is 28.4 Å². The Bertz CT molecular complexity index is 310. The van der Waals surface area contributed by atoms with Crippen LogP contribution in [0.4, 0.5) is 0 Å². The molecular formula is C11H18N2S2. The summed E-state index contributed by atoms with van der Waals surface area (Å²) in [5.41, 5.74) is 4.46. The Balaban J connectivity index is 2.24. The number of hydrogen-bond donors (Lipinski definition) is 2. The van der Waals surface area contributed by atoms with Crippen LogP contribution in [0, 0.1) is 5.92 Å². The minimum absolute atomic E-state index is 0.311. The third kappa shape index (κ3) is 2.38. The molecule has 84 valence electrons. The van der Waals surface area contributed by atoms with Crippen LogP contribution in [0.5, 0.6) is 0 Å². The molecule has 0 amide bonds. The van der Waals surface area contributed by atoms with E-state index < -0.39 is 0 Å². The van der Waals surface area contributed by atoms with Crippen LogP contribution in [0.15, 0.2) is 6.07 Å². The van der Waals surface area contributed by atoms with Crippen molar-refractivity contribution in [3.63, 3.8) is 0 Å². The zero-order chi connectivity index (χ0) is 10.8. The smallest absolute Gasteiger partial charge is 0.0576 e. The Labute approximate surface area is 99.6 Å². The molecule has 4 heteroatoms. The average Bonchev–Trinajstić information content (AvgIpc) is 2.61. The zero-order valence-electron chi connectivity index (χ0n) is 9.25. The lowest BCUT2D eigenvalue weighted by Crippen LogP contribution is -2.30. The highest BCUT2D eigenvalue weighted by Gasteiger charge is 2.20. The number of fused-ring (bicyclic) bond motifs is 1. The standard InChI is InChI=1S/C11H18N2S2/c1-7(2)11(13-12)10-5-8-6-14-4-3-9(8)15-10/h5,7,11,13H,3-4,6,12H2,1-2H3. The van der Waals surface area contributed by atoms with Crippen LogP contribution < -0.4 is 11.3 Å². The Hall–Kier alpha value is -0.0300. The van der Waals surface area contributed by atoms with E-state index >= 15 is 0 Å². The van der Waals surface area contributed by atoms with Crippen LogP contribution in [0.3, 0.4) is 0 Å². The summed E-state index contributed by atoms with van der Waals surface area (Å²) in [7, 11) is 0. The van der Waals surface area contributed by atoms with E-state index in [4.69, 9.17) is 5.84 Å². The van der Waals surface area contributed by atoms with Crippen LogP contribution in [-0.4, -0.2) is 5.75 Å². The second-order valence-electron chi connectivity index (χ2n) is 4.29. The first-order valence-electron chi connectivity index (χ1n) is 5.37. The molecule has 0 fully saturated rings. The van der Waals surface area contributed by atoms with Crippen molar-refractivity contribution in [2.24, 2.45) is 11.8 Å². The predicted octanol–water partition coefficient (Wildman–Crippen LogP) is 2.70. The Kier molecular flexibility index (Phi) is 3.72. The van der Waals surface area contributed by atoms with Gasteiger partial charge in [-0.05, 0) is 29.7 Å². The molecule has 1 atom stereocenters. The third-order valence-electron chi connectivity index (χ3n) is 2.80. The number of aryl methyl sites for hydroxylation is 1. The minimum atomic E-state index is 0.311. The Morgan fingerprint density at radius 1 is 1.47 bits per heavy atom. The van der Waals surface area contributed by atoms with Gasteiger partial charge in [0.1, 0.15) is 0 Å². The summed E-state index contributed by atoms with van der Waals surface area (Å²) in [4.78, 5) is 2.98. The van der Waals surface area contributed by atoms with Crippen molar-refractivity contribution >= 4 is 23.1 Å². The molecule has 0 spiro atoms. The van der Waals surface area contributed by atoms with Gasteiger partial charge in [0.25, 0.3) is 0 Å². The van der Waals surface area contributed by atoms with Crippen LogP contribution in [0.25, 0.3) is 0 Å². The molecule has 2 rings (SSSR count). The van der Waals surface area contributed by atoms with Gasteiger partial charge in [-0.2, -0.15) is 11.8 Å². The molecular weight excluding hydrogens is 224 g/mol. The van der Waals surface area contributed by atoms with E-state index in [0.717, 1.165) is 0 Å². The quantitative estimate of drug-likeness (QED) is 0.632. The maximum atomic E-state index is 5.62. The largest absolute Gasteiger partial charge is 0.271 e. The number of nitrogens with one attached hydrogen (secondary N) is 1. The fraction of sp³-hybridized carbons (Fsp3) is 0.636. The molecule has 3 N–H and O–H groups in total. The summed E-state index contributed by atoms with van der Waals surface area (Å²) in [6, 6.07) is 2.65. The van der Waals surface area contributed by atoms with Crippen LogP contribution in [0.2, 0.25) is 0 Å². The van der Waals surface area contributed by atoms with E-state index in [2.05, 4.69) is 25.3 Å². The van der Waals surface area contributed by atoms with Crippen molar-refractivity contribution in [3.8, 4) is 0 Å². The van der Waals surface area contributed by atoms with Gasteiger partial charge in [0.2, 0.25) is 0 Å². The van der Waals surface area contributed by atoms with Crippen molar-refractivity contribution in [1.82, 2.24) is 5.43 Å². The molecule has 2 nitrogen and oxygen atoms in total. The van der Waals surface area contributed by atoms with Gasteiger partial charge in [0.15, 0.2) is 0 Å². The maximum absolute atomic E-state index is 5.62. The summed E-state index contributed by atoms with van der Waals surface area (Å²) >= 11 is 3.97. The topological polar surface area (TPSA) is 38.0 Å². The van der Waals surface area contributed by atoms with Crippen molar-refractivity contribution in [1.29, 1.82) is 0 Å². The van der Waals surface area contributed by atoms with Crippen molar-refractivity contribution in [3.05, 3.63) is 21.4 Å². The number of nitrogens with two attached hydrogens (primary N) is 1. The minimum Gasteiger partial charge on any atom is -0.271 e. The van der Waals surface area contributed by atoms with Crippen LogP contribution in [-0.2, 0) is 12.2 Å². The van der Waals surface area contributed by atoms with Crippen LogP contribution in [0.1, 0.15) is 35.2 Å². The SMILES string of the molecule is CC(C)C(NN)c1cc2c(s1)CCSC2. The van der Waals surface area contributed by atoms with Gasteiger partial charge in [-0.15, -0.1) is 11.3 Å². The zero-order valence-corrected chi connectivity index (χ0v) is 10.9. The van der Waals surface area contributed by atoms with E-state index in [0.29, 0.717) is 12.0 Å². The molecule has 0 aromatic carbocycles. The molecule has 1 unspecified atom stereocenters. The molecule has 15 heavy (non-hydrogen) atoms. The lowest BCUT2D eigenvalue weighted by atomic mass is 10.0. The first-order valence-corrected chi connectivity index (χ1v) is 7.35. The molecule has 0 radical (unpaired) electrons. The van der Waals surface area contributed by atoms with Gasteiger partial charge in [0.05, 0.1) is 6.04 Å². The average molecular weight is 242 g/mol. The molecule has 1 aliphatic heterocycles. The van der Waals surface area contributed by atoms with Gasteiger partial charge in [-0.3, -0.25) is 11.3 Å². The normalized spacial score (nSPS) is 17.9. The molecule has 0 saturated carbocycles. The van der Waals surface area contributed by atoms with Crippen molar-refractivity contribution in [2.45, 2.75) is 32.1 Å². The van der Waals surface area contributed by atoms with Gasteiger partial charge in [0, 0.05) is 15.5 Å². The van der Waals surface area contributed by atoms with Gasteiger partial charge in [-0.25, -0.2) is 0 Å². The molecule has 1 aliphatic rings. The number of hydrogen-bond acceptors (Lipinski definition) is 4. The second kappa shape index (κ2) is 4.87. The van der Waals surface area contributed by atoms with Crippen molar-refractivity contribution in [2.75, 3.05) is 5.75 Å². The van der Waals surface area contributed by atoms with Crippen molar-refractivity contribution < 1.29 is 0 Å². The summed E-state index contributed by atoms with van der Waals surface area (Å²) in [5.74, 6) is 8.61. The summed E-state index contributed by atoms with van der Waals surface area (Å²) < 4.78 is 0. The lowest BCUT2D eigenvalue weighted by Gasteiger charge is -2.17. The molecule has 1 aromatic rings. The highest BCUT2D eigenvalue weighted by Crippen LogP contribution is 2.36. The van der Waals surface area contributed by atoms with Gasteiger partial charge >= 0.3 is 0 Å². The lowest BCUT2D eigenvalue weighted by molar-refractivity contribution is 0.427. The molecule has 0 saturated heterocycles. The predicted molar refractivity (Wildman–Crippen MR) is 69.1 cm³/mol. The summed E-state index contributed by atoms with van der Waals surface area (Å²) in [5, 5.41) is 0. The third-order valence-corrected chi connectivity index (χ3v) is 5.13. The molecule has 0 bridgehead atoms. The molecule has 0 aliphatic carbocycles. The fourth-order valence-electron chi connectivity index (χ4n) is 1.93. The Morgan fingerprint density at radius 2 is 2.27 bits per heavy atom. The van der Waals surface area contributed by atoms with E-state index in [9.17, 15) is 0 Å². The number of hydrazine groups is 1. The number of thioether (sulfide) groups is 1. The van der Waals surface area contributed by atoms with E-state index in [-0.39, 0.29) is 0 Å². The monoisotopic (exact) mass is 242 g/mol. The number of rotatable bonds is 3. The highest BCUT2D eigenvalue weighted by molar-refractivity contribution is 7.98. The summed E-state index contributed by atoms with van der Waals surface area (Å²) in [6.07, 6.45) is 1.24. The first-order chi connectivity index (χ1) is 7.22. The molecule has 2 heterocycles. The van der Waals surface area contributed by atoms with E-state index in [1.54, 1.807) is 4.88 Å². The fourth-order valence-corrected chi connectivity index (χ4v) is 4.54. The van der Waals surface area contributed by atoms with E-state index in [1.807, 2.05) is 23.1 Å². The van der Waals surface area contributed by atoms with Gasteiger partial charge in [-0.1, -0.05) is 13.8 Å². The Morgan fingerprint density at radius 3 is 2.87 bits per heavy atom. The first kappa shape index (κ1) is 11.5. The number of thiophene rings is 1. The highest BCUT2D eigenvalue weighted by atomic mass is 32.2. The van der Waals surface area contributed by atoms with Gasteiger partial charge < -0.3 is 0 Å². The maximum Gasteiger partial charge on any atom is 0.0576 e. The molecule has 1 aromatic heterocycles.